The molecule has 3 rings (SSSR count). The van der Waals surface area contributed by atoms with Crippen molar-refractivity contribution in [1.82, 2.24) is 14.8 Å². The van der Waals surface area contributed by atoms with Gasteiger partial charge in [-0.3, -0.25) is 0 Å². The number of nitrogens with zero attached hydrogens (tertiary/aromatic N) is 3. The van der Waals surface area contributed by atoms with Crippen LogP contribution in [0.25, 0.3) is 11.4 Å². The van der Waals surface area contributed by atoms with E-state index < -0.39 is 0 Å². The first-order valence-corrected chi connectivity index (χ1v) is 8.98. The number of ether oxygens (including phenoxy) is 1. The molecule has 0 aliphatic rings. The van der Waals surface area contributed by atoms with Crippen LogP contribution in [0, 0.1) is 6.92 Å². The molecular weight excluding hydrogens is 342 g/mol. The quantitative estimate of drug-likeness (QED) is 0.475. The second-order valence-corrected chi connectivity index (χ2v) is 6.83. The van der Waals surface area contributed by atoms with E-state index in [1.165, 1.54) is 5.56 Å². The molecule has 1 aromatic heterocycles. The number of aromatic nitrogens is 3. The van der Waals surface area contributed by atoms with E-state index in [1.807, 2.05) is 35.9 Å². The van der Waals surface area contributed by atoms with Crippen LogP contribution in [0.4, 0.5) is 0 Å². The zero-order chi connectivity index (χ0) is 16.9. The Bertz CT molecular complexity index is 817. The van der Waals surface area contributed by atoms with Crippen molar-refractivity contribution >= 4 is 23.4 Å². The zero-order valence-corrected chi connectivity index (χ0v) is 15.1. The fraction of sp³-hybridized carbons (Fsp3) is 0.222. The summed E-state index contributed by atoms with van der Waals surface area (Å²) in [6, 6.07) is 15.8. The van der Waals surface area contributed by atoms with Gasteiger partial charge in [0.1, 0.15) is 5.75 Å². The topological polar surface area (TPSA) is 39.9 Å². The van der Waals surface area contributed by atoms with Gasteiger partial charge in [0.15, 0.2) is 11.0 Å². The molecule has 0 atom stereocenters. The van der Waals surface area contributed by atoms with Crippen LogP contribution < -0.4 is 4.74 Å². The second-order valence-electron chi connectivity index (χ2n) is 5.36. The molecule has 2 aromatic carbocycles. The van der Waals surface area contributed by atoms with Crippen molar-refractivity contribution in [3.05, 3.63) is 59.1 Å². The van der Waals surface area contributed by atoms with Crippen molar-refractivity contribution in [3.8, 4) is 17.1 Å². The number of thioether (sulfide) groups is 1. The van der Waals surface area contributed by atoms with Crippen molar-refractivity contribution in [1.29, 1.82) is 0 Å². The lowest BCUT2D eigenvalue weighted by Crippen LogP contribution is -2.02. The zero-order valence-electron chi connectivity index (χ0n) is 13.6. The van der Waals surface area contributed by atoms with E-state index in [2.05, 4.69) is 41.4 Å². The van der Waals surface area contributed by atoms with Crippen LogP contribution in [0.2, 0.25) is 5.02 Å². The minimum absolute atomic E-state index is 0.557. The van der Waals surface area contributed by atoms with Crippen LogP contribution in [-0.4, -0.2) is 27.1 Å². The summed E-state index contributed by atoms with van der Waals surface area (Å²) in [5.74, 6) is 2.34. The Morgan fingerprint density at radius 2 is 1.83 bits per heavy atom. The average molecular weight is 360 g/mol. The Hall–Kier alpha value is -1.98. The fourth-order valence-corrected chi connectivity index (χ4v) is 3.16. The normalized spacial score (nSPS) is 10.8. The third kappa shape index (κ3) is 3.91. The summed E-state index contributed by atoms with van der Waals surface area (Å²) in [6.45, 7) is 2.63. The van der Waals surface area contributed by atoms with Gasteiger partial charge in [-0.25, -0.2) is 0 Å². The molecule has 4 nitrogen and oxygen atoms in total. The molecule has 0 saturated carbocycles. The first-order valence-electron chi connectivity index (χ1n) is 7.61. The maximum atomic E-state index is 6.07. The van der Waals surface area contributed by atoms with Crippen molar-refractivity contribution in [2.24, 2.45) is 7.05 Å². The molecule has 0 aliphatic carbocycles. The van der Waals surface area contributed by atoms with Gasteiger partial charge in [0.05, 0.1) is 11.6 Å². The van der Waals surface area contributed by atoms with Gasteiger partial charge in [-0.05, 0) is 19.1 Å². The van der Waals surface area contributed by atoms with Gasteiger partial charge in [-0.2, -0.15) is 0 Å². The third-order valence-electron chi connectivity index (χ3n) is 3.55. The van der Waals surface area contributed by atoms with E-state index >= 15 is 0 Å². The monoisotopic (exact) mass is 359 g/mol. The highest BCUT2D eigenvalue weighted by Crippen LogP contribution is 2.25. The summed E-state index contributed by atoms with van der Waals surface area (Å²) in [5, 5.41) is 10.1. The third-order valence-corrected chi connectivity index (χ3v) is 4.85. The molecule has 124 valence electrons. The van der Waals surface area contributed by atoms with Crippen molar-refractivity contribution < 1.29 is 4.74 Å². The molecule has 0 amide bonds. The smallest absolute Gasteiger partial charge is 0.191 e. The standard InChI is InChI=1S/C18H18ClN3OS/c1-13-7-9-14(10-8-13)17-20-21-18(22(17)2)24-12-11-23-16-6-4-3-5-15(16)19/h3-10H,11-12H2,1-2H3. The average Bonchev–Trinajstić information content (AvgIpc) is 2.95. The number of para-hydroxylation sites is 1. The van der Waals surface area contributed by atoms with E-state index in [-0.39, 0.29) is 0 Å². The lowest BCUT2D eigenvalue weighted by Gasteiger charge is -2.07. The number of hydrogen-bond acceptors (Lipinski definition) is 4. The summed E-state index contributed by atoms with van der Waals surface area (Å²) < 4.78 is 7.70. The van der Waals surface area contributed by atoms with E-state index in [4.69, 9.17) is 16.3 Å². The Kier molecular flexibility index (Phi) is 5.43. The van der Waals surface area contributed by atoms with Crippen molar-refractivity contribution in [2.75, 3.05) is 12.4 Å². The molecule has 6 heteroatoms. The second kappa shape index (κ2) is 7.73. The molecule has 3 aromatic rings. The Morgan fingerprint density at radius 3 is 2.58 bits per heavy atom. The van der Waals surface area contributed by atoms with E-state index in [0.717, 1.165) is 22.3 Å². The summed E-state index contributed by atoms with van der Waals surface area (Å²) in [7, 11) is 1.98. The number of hydrogen-bond donors (Lipinski definition) is 0. The Balaban J connectivity index is 1.58. The van der Waals surface area contributed by atoms with Crippen LogP contribution in [0.15, 0.2) is 53.7 Å². The molecular formula is C18H18ClN3OS. The first kappa shape index (κ1) is 16.9. The van der Waals surface area contributed by atoms with E-state index in [0.29, 0.717) is 17.4 Å². The molecule has 0 N–H and O–H groups in total. The minimum Gasteiger partial charge on any atom is -0.491 e. The van der Waals surface area contributed by atoms with E-state index in [9.17, 15) is 0 Å². The minimum atomic E-state index is 0.557. The summed E-state index contributed by atoms with van der Waals surface area (Å²) in [6.07, 6.45) is 0. The van der Waals surface area contributed by atoms with E-state index in [1.54, 1.807) is 11.8 Å². The largest absolute Gasteiger partial charge is 0.491 e. The first-order chi connectivity index (χ1) is 11.6. The van der Waals surface area contributed by atoms with Gasteiger partial charge in [-0.15, -0.1) is 10.2 Å². The summed E-state index contributed by atoms with van der Waals surface area (Å²) in [5.41, 5.74) is 2.29. The van der Waals surface area contributed by atoms with Crippen molar-refractivity contribution in [3.63, 3.8) is 0 Å². The molecule has 0 fully saturated rings. The Morgan fingerprint density at radius 1 is 1.08 bits per heavy atom. The highest BCUT2D eigenvalue weighted by atomic mass is 35.5. The molecule has 0 unspecified atom stereocenters. The maximum Gasteiger partial charge on any atom is 0.191 e. The highest BCUT2D eigenvalue weighted by molar-refractivity contribution is 7.99. The summed E-state index contributed by atoms with van der Waals surface area (Å²) in [4.78, 5) is 0. The molecule has 0 spiro atoms. The van der Waals surface area contributed by atoms with Gasteiger partial charge < -0.3 is 9.30 Å². The maximum absolute atomic E-state index is 6.07. The van der Waals surface area contributed by atoms with Gasteiger partial charge in [0.2, 0.25) is 0 Å². The van der Waals surface area contributed by atoms with Gasteiger partial charge in [0, 0.05) is 18.4 Å². The van der Waals surface area contributed by atoms with Crippen LogP contribution in [0.5, 0.6) is 5.75 Å². The predicted octanol–water partition coefficient (Wildman–Crippen LogP) is 4.62. The van der Waals surface area contributed by atoms with Crippen molar-refractivity contribution in [2.45, 2.75) is 12.1 Å². The molecule has 1 heterocycles. The van der Waals surface area contributed by atoms with Crippen LogP contribution in [0.3, 0.4) is 0 Å². The van der Waals surface area contributed by atoms with Crippen LogP contribution >= 0.6 is 23.4 Å². The fourth-order valence-electron chi connectivity index (χ4n) is 2.24. The number of rotatable bonds is 6. The molecule has 0 aliphatic heterocycles. The SMILES string of the molecule is Cc1ccc(-c2nnc(SCCOc3ccccc3Cl)n2C)cc1. The predicted molar refractivity (Wildman–Crippen MR) is 98.8 cm³/mol. The number of benzene rings is 2. The van der Waals surface area contributed by atoms with Gasteiger partial charge >= 0.3 is 0 Å². The lowest BCUT2D eigenvalue weighted by atomic mass is 10.1. The van der Waals surface area contributed by atoms with Crippen LogP contribution in [-0.2, 0) is 7.05 Å². The van der Waals surface area contributed by atoms with Crippen LogP contribution in [0.1, 0.15) is 5.56 Å². The number of halogens is 1. The molecule has 24 heavy (non-hydrogen) atoms. The highest BCUT2D eigenvalue weighted by Gasteiger charge is 2.11. The Labute approximate surface area is 150 Å². The lowest BCUT2D eigenvalue weighted by molar-refractivity contribution is 0.344. The summed E-state index contributed by atoms with van der Waals surface area (Å²) >= 11 is 7.68. The molecule has 0 bridgehead atoms. The molecule has 0 saturated heterocycles. The van der Waals surface area contributed by atoms with Gasteiger partial charge in [-0.1, -0.05) is 65.3 Å². The molecule has 0 radical (unpaired) electrons. The number of aryl methyl sites for hydroxylation is 1. The van der Waals surface area contributed by atoms with Gasteiger partial charge in [0.25, 0.3) is 0 Å².